The lowest BCUT2D eigenvalue weighted by Gasteiger charge is -2.42. The molecule has 1 aromatic carbocycles. The number of hydrogen-bond donors (Lipinski definition) is 8. The van der Waals surface area contributed by atoms with Crippen molar-refractivity contribution in [2.24, 2.45) is 5.92 Å². The number of allylic oxidation sites excluding steroid dienone is 1. The van der Waals surface area contributed by atoms with Crippen LogP contribution in [0.5, 0.6) is 5.75 Å². The van der Waals surface area contributed by atoms with E-state index in [1.165, 1.54) is 18.2 Å². The van der Waals surface area contributed by atoms with Gasteiger partial charge in [-0.15, -0.1) is 0 Å². The van der Waals surface area contributed by atoms with Gasteiger partial charge in [0.15, 0.2) is 12.6 Å². The minimum absolute atomic E-state index is 0.0483. The Balaban J connectivity index is 1.39. The average molecular weight is 687 g/mol. The molecule has 0 spiro atoms. The third-order valence-corrected chi connectivity index (χ3v) is 8.29. The van der Waals surface area contributed by atoms with Gasteiger partial charge >= 0.3 is 11.9 Å². The van der Waals surface area contributed by atoms with Gasteiger partial charge in [0.05, 0.1) is 38.6 Å². The summed E-state index contributed by atoms with van der Waals surface area (Å²) in [5.74, 6) is -2.69. The first-order chi connectivity index (χ1) is 22.9. The molecule has 0 aromatic heterocycles. The number of phenols is 1. The predicted molar refractivity (Wildman–Crippen MR) is 157 cm³/mol. The van der Waals surface area contributed by atoms with Gasteiger partial charge in [0, 0.05) is 11.5 Å². The Kier molecular flexibility index (Phi) is 13.3. The maximum Gasteiger partial charge on any atom is 0.337 e. The van der Waals surface area contributed by atoms with E-state index < -0.39 is 105 Å². The number of aromatic hydroxyl groups is 1. The van der Waals surface area contributed by atoms with Gasteiger partial charge in [-0.1, -0.05) is 18.2 Å². The van der Waals surface area contributed by atoms with Crippen LogP contribution in [0.4, 0.5) is 0 Å². The highest BCUT2D eigenvalue weighted by atomic mass is 16.8. The minimum atomic E-state index is -1.75. The van der Waals surface area contributed by atoms with E-state index in [4.69, 9.17) is 33.2 Å². The van der Waals surface area contributed by atoms with Crippen LogP contribution in [0.3, 0.4) is 0 Å². The van der Waals surface area contributed by atoms with Crippen molar-refractivity contribution in [1.29, 1.82) is 0 Å². The second-order valence-electron chi connectivity index (χ2n) is 11.4. The highest BCUT2D eigenvalue weighted by molar-refractivity contribution is 5.90. The lowest BCUT2D eigenvalue weighted by atomic mass is 9.86. The molecule has 3 aliphatic heterocycles. The maximum absolute atomic E-state index is 13.1. The molecule has 0 aliphatic carbocycles. The van der Waals surface area contributed by atoms with Crippen molar-refractivity contribution in [3.8, 4) is 5.75 Å². The van der Waals surface area contributed by atoms with Crippen LogP contribution in [-0.2, 0) is 49.2 Å². The van der Waals surface area contributed by atoms with Gasteiger partial charge in [-0.3, -0.25) is 4.79 Å². The molecule has 0 saturated carbocycles. The fourth-order valence-corrected chi connectivity index (χ4v) is 5.47. The van der Waals surface area contributed by atoms with Crippen molar-refractivity contribution in [2.45, 2.75) is 87.5 Å². The van der Waals surface area contributed by atoms with E-state index >= 15 is 0 Å². The summed E-state index contributed by atoms with van der Waals surface area (Å²) in [6, 6.07) is 6.37. The molecular weight excluding hydrogens is 644 g/mol. The second kappa shape index (κ2) is 17.0. The Bertz CT molecular complexity index is 1280. The molecule has 17 heteroatoms. The first-order valence-electron chi connectivity index (χ1n) is 15.2. The van der Waals surface area contributed by atoms with Crippen LogP contribution in [0.1, 0.15) is 18.9 Å². The molecule has 0 unspecified atom stereocenters. The molecule has 2 saturated heterocycles. The smallest absolute Gasteiger partial charge is 0.337 e. The summed E-state index contributed by atoms with van der Waals surface area (Å²) in [4.78, 5) is 25.7. The maximum atomic E-state index is 13.1. The van der Waals surface area contributed by atoms with Gasteiger partial charge < -0.3 is 74.0 Å². The molecule has 8 N–H and O–H groups in total. The summed E-state index contributed by atoms with van der Waals surface area (Å²) >= 11 is 0. The number of benzene rings is 1. The van der Waals surface area contributed by atoms with Crippen molar-refractivity contribution in [2.75, 3.05) is 26.9 Å². The summed E-state index contributed by atoms with van der Waals surface area (Å²) in [5.41, 5.74) is 0.922. The molecule has 12 atom stereocenters. The highest BCUT2D eigenvalue weighted by Gasteiger charge is 2.48. The molecule has 1 aromatic rings. The van der Waals surface area contributed by atoms with Gasteiger partial charge in [0.2, 0.25) is 6.29 Å². The molecule has 0 bridgehead atoms. The number of phenolic OH excluding ortho intramolecular Hbond substituents is 1. The molecule has 48 heavy (non-hydrogen) atoms. The van der Waals surface area contributed by atoms with Crippen LogP contribution in [0.2, 0.25) is 0 Å². The normalized spacial score (nSPS) is 36.2. The van der Waals surface area contributed by atoms with Crippen LogP contribution in [0.15, 0.2) is 47.7 Å². The highest BCUT2D eigenvalue weighted by Crippen LogP contribution is 2.36. The van der Waals surface area contributed by atoms with Crippen LogP contribution in [0.25, 0.3) is 0 Å². The van der Waals surface area contributed by atoms with Crippen LogP contribution in [-0.4, -0.2) is 147 Å². The summed E-state index contributed by atoms with van der Waals surface area (Å²) < 4.78 is 38.0. The molecule has 0 amide bonds. The number of rotatable bonds is 12. The molecule has 2 fully saturated rings. The molecule has 3 heterocycles. The van der Waals surface area contributed by atoms with Crippen LogP contribution < -0.4 is 0 Å². The fourth-order valence-electron chi connectivity index (χ4n) is 5.47. The van der Waals surface area contributed by atoms with Crippen LogP contribution >= 0.6 is 0 Å². The number of methoxy groups -OCH3 is 1. The number of aliphatic hydroxyl groups excluding tert-OH is 7. The SMILES string of the molecule is C/C=C1\[C@H](O[C@@H]2O[C@H](CO)[C@@H](O)[C@H](O)[C@H]2O)OC=C(C(=O)OC)[C@H]1CC(=O)OC[C@H]1O[C@@H](OCCc2ccc(O)cc2)[C@H](O)[C@@H](O)[C@@H]1O. The number of carbonyl (C=O) groups excluding carboxylic acids is 2. The third kappa shape index (κ3) is 8.68. The summed E-state index contributed by atoms with van der Waals surface area (Å²) in [7, 11) is 1.12. The van der Waals surface area contributed by atoms with E-state index in [-0.39, 0.29) is 23.5 Å². The number of ether oxygens (including phenoxy) is 7. The van der Waals surface area contributed by atoms with Gasteiger partial charge in [-0.25, -0.2) is 4.79 Å². The largest absolute Gasteiger partial charge is 0.508 e. The van der Waals surface area contributed by atoms with Crippen LogP contribution in [0, 0.1) is 5.92 Å². The standard InChI is InChI=1S/C31H42O17/c1-3-16-17(18(28(41)42-2)12-45-29(16)48-31-27(40)24(37)22(35)19(11-32)46-31)10-21(34)44-13-20-23(36)25(38)26(39)30(47-20)43-9-8-14-4-6-15(33)7-5-14/h3-7,12,17,19-20,22-27,29-33,35-40H,8-11,13H2,1-2H3/b16-3-/t17-,19+,20+,22+,23+,24-,25-,26+,27+,29-,30+,31-/m0/s1. The average Bonchev–Trinajstić information content (AvgIpc) is 3.08. The van der Waals surface area contributed by atoms with Gasteiger partial charge in [0.25, 0.3) is 0 Å². The Hall–Kier alpha value is -3.20. The lowest BCUT2D eigenvalue weighted by Crippen LogP contribution is -2.60. The summed E-state index contributed by atoms with van der Waals surface area (Å²) in [5, 5.41) is 80.8. The van der Waals surface area contributed by atoms with Crippen molar-refractivity contribution in [3.63, 3.8) is 0 Å². The van der Waals surface area contributed by atoms with E-state index in [2.05, 4.69) is 0 Å². The van der Waals surface area contributed by atoms with E-state index in [0.29, 0.717) is 6.42 Å². The second-order valence-corrected chi connectivity index (χ2v) is 11.4. The molecule has 0 radical (unpaired) electrons. The van der Waals surface area contributed by atoms with Gasteiger partial charge in [-0.2, -0.15) is 0 Å². The minimum Gasteiger partial charge on any atom is -0.508 e. The fraction of sp³-hybridized carbons (Fsp3) is 0.613. The Labute approximate surface area is 275 Å². The first-order valence-corrected chi connectivity index (χ1v) is 15.2. The first kappa shape index (κ1) is 37.6. The van der Waals surface area contributed by atoms with Gasteiger partial charge in [0.1, 0.15) is 61.2 Å². The molecule has 4 rings (SSSR count). The number of carbonyl (C=O) groups is 2. The van der Waals surface area contributed by atoms with Crippen molar-refractivity contribution in [1.82, 2.24) is 0 Å². The van der Waals surface area contributed by atoms with Crippen molar-refractivity contribution >= 4 is 11.9 Å². The van der Waals surface area contributed by atoms with E-state index in [0.717, 1.165) is 18.9 Å². The van der Waals surface area contributed by atoms with E-state index in [1.807, 2.05) is 0 Å². The zero-order valence-electron chi connectivity index (χ0n) is 26.2. The zero-order chi connectivity index (χ0) is 35.1. The van der Waals surface area contributed by atoms with E-state index in [9.17, 15) is 50.4 Å². The predicted octanol–water partition coefficient (Wildman–Crippen LogP) is -2.52. The Morgan fingerprint density at radius 3 is 2.12 bits per heavy atom. The van der Waals surface area contributed by atoms with Crippen molar-refractivity contribution < 1.29 is 83.6 Å². The number of esters is 2. The Morgan fingerprint density at radius 2 is 1.50 bits per heavy atom. The third-order valence-electron chi connectivity index (χ3n) is 8.29. The Morgan fingerprint density at radius 1 is 0.875 bits per heavy atom. The monoisotopic (exact) mass is 686 g/mol. The molecule has 3 aliphatic rings. The van der Waals surface area contributed by atoms with E-state index in [1.54, 1.807) is 19.1 Å². The number of aliphatic hydroxyl groups is 7. The molecule has 17 nitrogen and oxygen atoms in total. The molecular formula is C31H42O17. The zero-order valence-corrected chi connectivity index (χ0v) is 26.2. The molecule has 268 valence electrons. The number of hydrogen-bond acceptors (Lipinski definition) is 17. The van der Waals surface area contributed by atoms with Gasteiger partial charge in [-0.05, 0) is 31.0 Å². The summed E-state index contributed by atoms with van der Waals surface area (Å²) in [6.45, 7) is 0.335. The lowest BCUT2D eigenvalue weighted by molar-refractivity contribution is -0.327. The topological polar surface area (TPSA) is 261 Å². The quantitative estimate of drug-likeness (QED) is 0.0834. The van der Waals surface area contributed by atoms with Crippen molar-refractivity contribution in [3.05, 3.63) is 53.3 Å². The summed E-state index contributed by atoms with van der Waals surface area (Å²) in [6.07, 6.45) is -14.6.